The van der Waals surface area contributed by atoms with Crippen LogP contribution in [0.25, 0.3) is 10.4 Å². The van der Waals surface area contributed by atoms with Crippen molar-refractivity contribution in [3.8, 4) is 16.2 Å². The van der Waals surface area contributed by atoms with Crippen LogP contribution in [0.1, 0.15) is 12.5 Å². The Morgan fingerprint density at radius 2 is 2.12 bits per heavy atom. The van der Waals surface area contributed by atoms with Gasteiger partial charge in [0.05, 0.1) is 16.6 Å². The number of hydrogen-bond acceptors (Lipinski definition) is 3. The molecule has 4 heteroatoms. The normalized spacial score (nSPS) is 10.5. The number of halogens is 1. The number of benzene rings is 1. The lowest BCUT2D eigenvalue weighted by Gasteiger charge is -2.10. The van der Waals surface area contributed by atoms with Crippen molar-refractivity contribution < 1.29 is 4.74 Å². The zero-order valence-electron chi connectivity index (χ0n) is 9.79. The Morgan fingerprint density at radius 3 is 2.71 bits per heavy atom. The van der Waals surface area contributed by atoms with Crippen molar-refractivity contribution in [2.24, 2.45) is 0 Å². The van der Waals surface area contributed by atoms with E-state index in [1.54, 1.807) is 11.3 Å². The summed E-state index contributed by atoms with van der Waals surface area (Å²) in [6.07, 6.45) is 0. The predicted octanol–water partition coefficient (Wildman–Crippen LogP) is 4.36. The first kappa shape index (κ1) is 12.3. The number of thiophene rings is 1. The Bertz CT molecular complexity index is 536. The Kier molecular flexibility index (Phi) is 3.60. The van der Waals surface area contributed by atoms with Gasteiger partial charge >= 0.3 is 0 Å². The van der Waals surface area contributed by atoms with Gasteiger partial charge in [0.1, 0.15) is 5.75 Å². The maximum Gasteiger partial charge on any atom is 0.138 e. The number of rotatable bonds is 3. The summed E-state index contributed by atoms with van der Waals surface area (Å²) in [6.45, 7) is 4.61. The average Bonchev–Trinajstić information content (AvgIpc) is 2.70. The molecular weight excluding hydrogens is 254 g/mol. The molecule has 0 unspecified atom stereocenters. The van der Waals surface area contributed by atoms with Crippen molar-refractivity contribution in [3.05, 3.63) is 34.9 Å². The summed E-state index contributed by atoms with van der Waals surface area (Å²) in [5, 5.41) is 1.45. The number of hydrogen-bond donors (Lipinski definition) is 1. The van der Waals surface area contributed by atoms with E-state index in [1.807, 2.05) is 38.1 Å². The molecule has 0 spiro atoms. The molecule has 1 aromatic heterocycles. The largest absolute Gasteiger partial charge is 0.492 e. The van der Waals surface area contributed by atoms with Crippen molar-refractivity contribution >= 4 is 27.9 Å². The van der Waals surface area contributed by atoms with Crippen LogP contribution in [0.5, 0.6) is 5.75 Å². The van der Waals surface area contributed by atoms with E-state index in [2.05, 4.69) is 0 Å². The third kappa shape index (κ3) is 2.56. The number of anilines is 1. The average molecular weight is 268 g/mol. The van der Waals surface area contributed by atoms with E-state index in [0.717, 1.165) is 26.8 Å². The van der Waals surface area contributed by atoms with Crippen LogP contribution in [0.4, 0.5) is 5.00 Å². The van der Waals surface area contributed by atoms with E-state index in [-0.39, 0.29) is 0 Å². The van der Waals surface area contributed by atoms with E-state index in [4.69, 9.17) is 22.1 Å². The van der Waals surface area contributed by atoms with Crippen LogP contribution in [-0.4, -0.2) is 6.61 Å². The first-order valence-corrected chi connectivity index (χ1v) is 6.60. The van der Waals surface area contributed by atoms with E-state index >= 15 is 0 Å². The van der Waals surface area contributed by atoms with Gasteiger partial charge in [0.25, 0.3) is 0 Å². The zero-order chi connectivity index (χ0) is 12.4. The molecular formula is C13H14ClNOS. The van der Waals surface area contributed by atoms with Crippen molar-refractivity contribution in [2.45, 2.75) is 13.8 Å². The van der Waals surface area contributed by atoms with Crippen molar-refractivity contribution in [2.75, 3.05) is 12.3 Å². The summed E-state index contributed by atoms with van der Waals surface area (Å²) >= 11 is 7.75. The van der Waals surface area contributed by atoms with E-state index in [9.17, 15) is 0 Å². The van der Waals surface area contributed by atoms with Gasteiger partial charge in [-0.2, -0.15) is 0 Å². The highest BCUT2D eigenvalue weighted by molar-refractivity contribution is 7.19. The molecule has 17 heavy (non-hydrogen) atoms. The lowest BCUT2D eigenvalue weighted by atomic mass is 10.1. The SMILES string of the molecule is CCOc1cc(C)c(-c2ccc(N)s2)cc1Cl. The number of nitrogen functional groups attached to an aromatic ring is 1. The molecule has 0 amide bonds. The van der Waals surface area contributed by atoms with E-state index in [0.29, 0.717) is 11.6 Å². The fourth-order valence-electron chi connectivity index (χ4n) is 1.68. The first-order valence-electron chi connectivity index (χ1n) is 5.40. The molecule has 2 rings (SSSR count). The molecule has 1 heterocycles. The summed E-state index contributed by atoms with van der Waals surface area (Å²) in [5.74, 6) is 0.736. The summed E-state index contributed by atoms with van der Waals surface area (Å²) in [7, 11) is 0. The minimum atomic E-state index is 0.616. The highest BCUT2D eigenvalue weighted by atomic mass is 35.5. The van der Waals surface area contributed by atoms with Crippen LogP contribution >= 0.6 is 22.9 Å². The van der Waals surface area contributed by atoms with Crippen LogP contribution in [0.2, 0.25) is 5.02 Å². The smallest absolute Gasteiger partial charge is 0.138 e. The molecule has 0 radical (unpaired) electrons. The van der Waals surface area contributed by atoms with Gasteiger partial charge in [-0.15, -0.1) is 11.3 Å². The fourth-order valence-corrected chi connectivity index (χ4v) is 2.76. The van der Waals surface area contributed by atoms with E-state index in [1.165, 1.54) is 0 Å². The van der Waals surface area contributed by atoms with Crippen molar-refractivity contribution in [3.63, 3.8) is 0 Å². The van der Waals surface area contributed by atoms with Crippen molar-refractivity contribution in [1.82, 2.24) is 0 Å². The van der Waals surface area contributed by atoms with E-state index < -0.39 is 0 Å². The second kappa shape index (κ2) is 4.98. The number of ether oxygens (including phenoxy) is 1. The Labute approximate surface area is 110 Å². The Hall–Kier alpha value is -1.19. The molecule has 2 N–H and O–H groups in total. The van der Waals surface area contributed by atoms with Gasteiger partial charge < -0.3 is 10.5 Å². The lowest BCUT2D eigenvalue weighted by Crippen LogP contribution is -1.93. The second-order valence-corrected chi connectivity index (χ2v) is 5.26. The summed E-state index contributed by atoms with van der Waals surface area (Å²) in [6, 6.07) is 7.83. The van der Waals surface area contributed by atoms with Crippen LogP contribution < -0.4 is 10.5 Å². The van der Waals surface area contributed by atoms with Crippen LogP contribution in [0.3, 0.4) is 0 Å². The zero-order valence-corrected chi connectivity index (χ0v) is 11.4. The molecule has 0 saturated heterocycles. The third-order valence-corrected chi connectivity index (χ3v) is 3.71. The molecule has 0 saturated carbocycles. The molecule has 0 aliphatic heterocycles. The maximum atomic E-state index is 6.19. The molecule has 0 atom stereocenters. The van der Waals surface area contributed by atoms with Crippen molar-refractivity contribution in [1.29, 1.82) is 0 Å². The first-order chi connectivity index (χ1) is 8.11. The van der Waals surface area contributed by atoms with Crippen LogP contribution in [0.15, 0.2) is 24.3 Å². The van der Waals surface area contributed by atoms with Gasteiger partial charge in [-0.3, -0.25) is 0 Å². The highest BCUT2D eigenvalue weighted by Gasteiger charge is 2.10. The third-order valence-electron chi connectivity index (χ3n) is 2.47. The number of aryl methyl sites for hydroxylation is 1. The van der Waals surface area contributed by atoms with Crippen LogP contribution in [0, 0.1) is 6.92 Å². The monoisotopic (exact) mass is 267 g/mol. The summed E-state index contributed by atoms with van der Waals surface area (Å²) < 4.78 is 5.46. The predicted molar refractivity (Wildman–Crippen MR) is 75.1 cm³/mol. The summed E-state index contributed by atoms with van der Waals surface area (Å²) in [5.41, 5.74) is 7.99. The maximum absolute atomic E-state index is 6.19. The lowest BCUT2D eigenvalue weighted by molar-refractivity contribution is 0.340. The topological polar surface area (TPSA) is 35.2 Å². The molecule has 90 valence electrons. The molecule has 0 aliphatic rings. The van der Waals surface area contributed by atoms with Gasteiger partial charge in [-0.1, -0.05) is 11.6 Å². The van der Waals surface area contributed by atoms with Crippen LogP contribution in [-0.2, 0) is 0 Å². The molecule has 0 bridgehead atoms. The second-order valence-electron chi connectivity index (χ2n) is 3.73. The molecule has 0 aliphatic carbocycles. The highest BCUT2D eigenvalue weighted by Crippen LogP contribution is 2.37. The molecule has 2 nitrogen and oxygen atoms in total. The molecule has 1 aromatic carbocycles. The van der Waals surface area contributed by atoms with Gasteiger partial charge in [0.15, 0.2) is 0 Å². The number of nitrogens with two attached hydrogens (primary N) is 1. The van der Waals surface area contributed by atoms with Gasteiger partial charge in [0, 0.05) is 4.88 Å². The van der Waals surface area contributed by atoms with Gasteiger partial charge in [0.2, 0.25) is 0 Å². The molecule has 0 fully saturated rings. The quantitative estimate of drug-likeness (QED) is 0.897. The van der Waals surface area contributed by atoms with Gasteiger partial charge in [-0.05, 0) is 49.2 Å². The minimum Gasteiger partial charge on any atom is -0.492 e. The fraction of sp³-hybridized carbons (Fsp3) is 0.231. The summed E-state index contributed by atoms with van der Waals surface area (Å²) in [4.78, 5) is 1.13. The Balaban J connectivity index is 2.46. The minimum absolute atomic E-state index is 0.616. The molecule has 2 aromatic rings. The van der Waals surface area contributed by atoms with Gasteiger partial charge in [-0.25, -0.2) is 0 Å². The Morgan fingerprint density at radius 1 is 1.35 bits per heavy atom. The standard InChI is InChI=1S/C13H14ClNOS/c1-3-16-11-6-8(2)9(7-10(11)14)12-4-5-13(15)17-12/h4-7H,3,15H2,1-2H3.